The van der Waals surface area contributed by atoms with Crippen LogP contribution in [0.25, 0.3) is 0 Å². The molecule has 0 radical (unpaired) electrons. The summed E-state index contributed by atoms with van der Waals surface area (Å²) in [6, 6.07) is 0. The fourth-order valence-electron chi connectivity index (χ4n) is 0.743. The smallest absolute Gasteiger partial charge is 0.0977 e. The molecule has 0 spiro atoms. The lowest BCUT2D eigenvalue weighted by atomic mass is 10.1. The van der Waals surface area contributed by atoms with Gasteiger partial charge in [0.2, 0.25) is 0 Å². The van der Waals surface area contributed by atoms with Crippen molar-refractivity contribution in [2.75, 3.05) is 33.0 Å². The zero-order valence-corrected chi connectivity index (χ0v) is 8.34. The number of rotatable bonds is 8. The van der Waals surface area contributed by atoms with Gasteiger partial charge in [-0.3, -0.25) is 0 Å². The molecule has 0 saturated carbocycles. The highest BCUT2D eigenvalue weighted by molar-refractivity contribution is 4.42. The number of quaternary nitrogens is 1. The van der Waals surface area contributed by atoms with Gasteiger partial charge in [-0.15, -0.1) is 0 Å². The summed E-state index contributed by atoms with van der Waals surface area (Å²) in [6.45, 7) is 8.25. The largest absolute Gasteiger partial charge is 0.379 e. The molecule has 0 aliphatic carbocycles. The van der Waals surface area contributed by atoms with E-state index in [0.717, 1.165) is 32.1 Å². The van der Waals surface area contributed by atoms with Crippen molar-refractivity contribution in [2.24, 2.45) is 5.92 Å². The molecule has 3 heteroatoms. The Morgan fingerprint density at radius 3 is 2.08 bits per heavy atom. The van der Waals surface area contributed by atoms with E-state index < -0.39 is 0 Å². The molecule has 0 heterocycles. The third-order valence-corrected chi connectivity index (χ3v) is 1.50. The first-order valence-electron chi connectivity index (χ1n) is 4.72. The monoisotopic (exact) mass is 176 g/mol. The van der Waals surface area contributed by atoms with Gasteiger partial charge in [0.1, 0.15) is 0 Å². The maximum atomic E-state index is 5.35. The van der Waals surface area contributed by atoms with Gasteiger partial charge in [0.25, 0.3) is 0 Å². The van der Waals surface area contributed by atoms with Crippen LogP contribution in [0.4, 0.5) is 0 Å². The molecule has 74 valence electrons. The summed E-state index contributed by atoms with van der Waals surface area (Å²) in [6.07, 6.45) is 1.13. The van der Waals surface area contributed by atoms with Crippen LogP contribution in [-0.4, -0.2) is 33.0 Å². The Bertz CT molecular complexity index is 86.6. The van der Waals surface area contributed by atoms with Crippen LogP contribution in [-0.2, 0) is 9.47 Å². The van der Waals surface area contributed by atoms with Gasteiger partial charge >= 0.3 is 0 Å². The van der Waals surface area contributed by atoms with Crippen molar-refractivity contribution in [3.8, 4) is 0 Å². The first kappa shape index (κ1) is 11.9. The van der Waals surface area contributed by atoms with E-state index in [1.165, 1.54) is 0 Å². The van der Waals surface area contributed by atoms with E-state index in [4.69, 9.17) is 9.47 Å². The normalized spacial score (nSPS) is 11.0. The second-order valence-corrected chi connectivity index (χ2v) is 3.26. The van der Waals surface area contributed by atoms with Gasteiger partial charge in [0, 0.05) is 6.61 Å². The molecule has 0 rings (SSSR count). The van der Waals surface area contributed by atoms with Crippen LogP contribution in [0.1, 0.15) is 20.3 Å². The molecular weight excluding hydrogens is 154 g/mol. The lowest BCUT2D eigenvalue weighted by molar-refractivity contribution is -0.374. The summed E-state index contributed by atoms with van der Waals surface area (Å²) in [5.74, 6) is 0.728. The molecule has 3 nitrogen and oxygen atoms in total. The molecule has 0 fully saturated rings. The van der Waals surface area contributed by atoms with Gasteiger partial charge in [-0.25, -0.2) is 0 Å². The molecule has 12 heavy (non-hydrogen) atoms. The van der Waals surface area contributed by atoms with E-state index in [2.05, 4.69) is 19.6 Å². The topological polar surface area (TPSA) is 46.1 Å². The molecule has 0 aromatic heterocycles. The molecule has 0 unspecified atom stereocenters. The summed E-state index contributed by atoms with van der Waals surface area (Å²) < 4.78 is 10.5. The molecule has 0 atom stereocenters. The lowest BCUT2D eigenvalue weighted by Gasteiger charge is -2.05. The van der Waals surface area contributed by atoms with Crippen LogP contribution in [0, 0.1) is 5.92 Å². The summed E-state index contributed by atoms with van der Waals surface area (Å²) in [5, 5.41) is 0. The highest BCUT2D eigenvalue weighted by atomic mass is 16.5. The van der Waals surface area contributed by atoms with Crippen LogP contribution >= 0.6 is 0 Å². The van der Waals surface area contributed by atoms with Gasteiger partial charge in [-0.2, -0.15) is 0 Å². The maximum Gasteiger partial charge on any atom is 0.0977 e. The van der Waals surface area contributed by atoms with Crippen molar-refractivity contribution in [1.29, 1.82) is 0 Å². The summed E-state index contributed by atoms with van der Waals surface area (Å²) in [4.78, 5) is 0. The predicted octanol–water partition coefficient (Wildman–Crippen LogP) is 0.308. The fourth-order valence-corrected chi connectivity index (χ4v) is 0.743. The van der Waals surface area contributed by atoms with E-state index in [1.807, 2.05) is 0 Å². The van der Waals surface area contributed by atoms with Gasteiger partial charge in [-0.05, 0) is 12.3 Å². The Morgan fingerprint density at radius 2 is 1.58 bits per heavy atom. The van der Waals surface area contributed by atoms with Crippen molar-refractivity contribution >= 4 is 0 Å². The molecule has 0 saturated heterocycles. The van der Waals surface area contributed by atoms with E-state index >= 15 is 0 Å². The minimum Gasteiger partial charge on any atom is -0.379 e. The number of hydrogen-bond acceptors (Lipinski definition) is 2. The van der Waals surface area contributed by atoms with Crippen molar-refractivity contribution in [1.82, 2.24) is 0 Å². The van der Waals surface area contributed by atoms with Crippen LogP contribution in [0.3, 0.4) is 0 Å². The van der Waals surface area contributed by atoms with Crippen molar-refractivity contribution in [3.63, 3.8) is 0 Å². The molecule has 0 amide bonds. The molecule has 0 aliphatic heterocycles. The van der Waals surface area contributed by atoms with Gasteiger partial charge in [0.05, 0.1) is 26.4 Å². The van der Waals surface area contributed by atoms with Gasteiger partial charge < -0.3 is 15.2 Å². The molecule has 3 N–H and O–H groups in total. The van der Waals surface area contributed by atoms with Gasteiger partial charge in [0.15, 0.2) is 0 Å². The average Bonchev–Trinajstić information content (AvgIpc) is 2.02. The molecule has 0 aliphatic rings. The Labute approximate surface area is 75.2 Å². The quantitative estimate of drug-likeness (QED) is 0.541. The Balaban J connectivity index is 2.82. The second-order valence-electron chi connectivity index (χ2n) is 3.26. The minimum atomic E-state index is 0.702. The average molecular weight is 176 g/mol. The van der Waals surface area contributed by atoms with Crippen molar-refractivity contribution < 1.29 is 15.2 Å². The molecule has 0 aromatic rings. The third-order valence-electron chi connectivity index (χ3n) is 1.50. The third kappa shape index (κ3) is 9.88. The first-order chi connectivity index (χ1) is 5.77. The lowest BCUT2D eigenvalue weighted by Crippen LogP contribution is -2.52. The first-order valence-corrected chi connectivity index (χ1v) is 4.72. The highest BCUT2D eigenvalue weighted by Gasteiger charge is 1.93. The van der Waals surface area contributed by atoms with E-state index in [9.17, 15) is 0 Å². The SMILES string of the molecule is CC(C)CCOCCOCC[NH3+]. The van der Waals surface area contributed by atoms with Crippen LogP contribution in [0.15, 0.2) is 0 Å². The summed E-state index contributed by atoms with van der Waals surface area (Å²) >= 11 is 0. The molecular formula is C9H22NO2+. The van der Waals surface area contributed by atoms with Crippen LogP contribution in [0.2, 0.25) is 0 Å². The highest BCUT2D eigenvalue weighted by Crippen LogP contribution is 1.98. The van der Waals surface area contributed by atoms with Crippen LogP contribution < -0.4 is 5.73 Å². The zero-order valence-electron chi connectivity index (χ0n) is 8.34. The van der Waals surface area contributed by atoms with Crippen LogP contribution in [0.5, 0.6) is 0 Å². The van der Waals surface area contributed by atoms with E-state index in [-0.39, 0.29) is 0 Å². The number of ether oxygens (including phenoxy) is 2. The minimum absolute atomic E-state index is 0.702. The van der Waals surface area contributed by atoms with E-state index in [1.54, 1.807) is 0 Å². The Morgan fingerprint density at radius 1 is 1.00 bits per heavy atom. The Kier molecular flexibility index (Phi) is 8.88. The second kappa shape index (κ2) is 8.97. The zero-order chi connectivity index (χ0) is 9.23. The Hall–Kier alpha value is -0.120. The maximum absolute atomic E-state index is 5.35. The van der Waals surface area contributed by atoms with Crippen molar-refractivity contribution in [3.05, 3.63) is 0 Å². The van der Waals surface area contributed by atoms with E-state index in [0.29, 0.717) is 13.2 Å². The number of hydrogen-bond donors (Lipinski definition) is 1. The van der Waals surface area contributed by atoms with Gasteiger partial charge in [-0.1, -0.05) is 13.8 Å². The summed E-state index contributed by atoms with van der Waals surface area (Å²) in [5.41, 5.74) is 3.68. The summed E-state index contributed by atoms with van der Waals surface area (Å²) in [7, 11) is 0. The fraction of sp³-hybridized carbons (Fsp3) is 1.00. The molecule has 0 aromatic carbocycles. The predicted molar refractivity (Wildman–Crippen MR) is 48.8 cm³/mol. The van der Waals surface area contributed by atoms with Crippen molar-refractivity contribution in [2.45, 2.75) is 20.3 Å². The standard InChI is InChI=1S/C9H21NO2/c1-9(2)3-5-11-7-8-12-6-4-10/h9H,3-8,10H2,1-2H3/p+1. The molecule has 0 bridgehead atoms.